The maximum absolute atomic E-state index is 14.7. The Kier molecular flexibility index (Phi) is 7.22. The number of aromatic nitrogens is 4. The van der Waals surface area contributed by atoms with Crippen LogP contribution in [0.3, 0.4) is 0 Å². The highest BCUT2D eigenvalue weighted by Crippen LogP contribution is 2.31. The van der Waals surface area contributed by atoms with E-state index < -0.39 is 11.7 Å². The van der Waals surface area contributed by atoms with Crippen LogP contribution < -0.4 is 0 Å². The van der Waals surface area contributed by atoms with Crippen LogP contribution in [0.15, 0.2) is 55.6 Å². The number of rotatable bonds is 9. The first-order valence-electron chi connectivity index (χ1n) is 10.4. The van der Waals surface area contributed by atoms with E-state index in [0.717, 1.165) is 6.92 Å². The molecule has 32 heavy (non-hydrogen) atoms. The van der Waals surface area contributed by atoms with Gasteiger partial charge in [0.05, 0.1) is 11.1 Å². The van der Waals surface area contributed by atoms with Crippen LogP contribution in [-0.4, -0.2) is 37.4 Å². The van der Waals surface area contributed by atoms with Crippen LogP contribution in [0.25, 0.3) is 17.1 Å². The van der Waals surface area contributed by atoms with Gasteiger partial charge < -0.3 is 4.90 Å². The Morgan fingerprint density at radius 3 is 2.34 bits per heavy atom. The van der Waals surface area contributed by atoms with Crippen LogP contribution in [0.5, 0.6) is 0 Å². The molecule has 0 bridgehead atoms. The van der Waals surface area contributed by atoms with Crippen molar-refractivity contribution in [1.29, 1.82) is 0 Å². The van der Waals surface area contributed by atoms with E-state index in [9.17, 15) is 13.2 Å². The highest BCUT2D eigenvalue weighted by molar-refractivity contribution is 5.77. The molecule has 0 aliphatic heterocycles. The molecule has 3 aromatic rings. The molecule has 0 fully saturated rings. The molecule has 1 atom stereocenters. The third-order valence-corrected chi connectivity index (χ3v) is 5.33. The Morgan fingerprint density at radius 1 is 1.09 bits per heavy atom. The molecule has 2 aromatic heterocycles. The smallest absolute Gasteiger partial charge is 0.273 e. The maximum atomic E-state index is 14.7. The monoisotopic (exact) mass is 441 g/mol. The van der Waals surface area contributed by atoms with Crippen molar-refractivity contribution in [3.63, 3.8) is 0 Å². The second-order valence-electron chi connectivity index (χ2n) is 7.63. The van der Waals surface area contributed by atoms with Crippen LogP contribution in [0.4, 0.5) is 13.2 Å². The number of nitrogens with zero attached hydrogens (tertiary/aromatic N) is 5. The van der Waals surface area contributed by atoms with Gasteiger partial charge in [0.25, 0.3) is 5.92 Å². The van der Waals surface area contributed by atoms with Crippen LogP contribution in [-0.2, 0) is 12.3 Å². The Hall–Kier alpha value is -3.29. The molecule has 0 amide bonds. The van der Waals surface area contributed by atoms with Crippen molar-refractivity contribution in [3.8, 4) is 11.4 Å². The Bertz CT molecular complexity index is 1050. The average molecular weight is 442 g/mol. The van der Waals surface area contributed by atoms with Crippen molar-refractivity contribution < 1.29 is 13.2 Å². The highest BCUT2D eigenvalue weighted by Gasteiger charge is 2.25. The fourth-order valence-corrected chi connectivity index (χ4v) is 3.55. The van der Waals surface area contributed by atoms with Gasteiger partial charge >= 0.3 is 0 Å². The van der Waals surface area contributed by atoms with Crippen LogP contribution >= 0.6 is 0 Å². The zero-order valence-corrected chi connectivity index (χ0v) is 18.4. The van der Waals surface area contributed by atoms with Crippen molar-refractivity contribution >= 4 is 5.70 Å². The van der Waals surface area contributed by atoms with Crippen molar-refractivity contribution in [1.82, 2.24) is 24.8 Å². The number of alkyl halides is 2. The van der Waals surface area contributed by atoms with E-state index >= 15 is 0 Å². The summed E-state index contributed by atoms with van der Waals surface area (Å²) in [5.41, 5.74) is 1.38. The van der Waals surface area contributed by atoms with E-state index in [1.54, 1.807) is 30.6 Å². The summed E-state index contributed by atoms with van der Waals surface area (Å²) in [5.74, 6) is -2.59. The molecule has 1 unspecified atom stereocenters. The summed E-state index contributed by atoms with van der Waals surface area (Å²) in [6.07, 6.45) is 6.66. The van der Waals surface area contributed by atoms with E-state index in [1.165, 1.54) is 18.5 Å². The molecule has 1 aromatic carbocycles. The lowest BCUT2D eigenvalue weighted by atomic mass is 10.0. The molecule has 0 spiro atoms. The summed E-state index contributed by atoms with van der Waals surface area (Å²) in [6, 6.07) is 6.52. The van der Waals surface area contributed by atoms with Gasteiger partial charge in [0, 0.05) is 62.0 Å². The average Bonchev–Trinajstić information content (AvgIpc) is 2.78. The van der Waals surface area contributed by atoms with Crippen LogP contribution in [0, 0.1) is 5.82 Å². The Labute approximate surface area is 186 Å². The van der Waals surface area contributed by atoms with Gasteiger partial charge in [-0.25, -0.2) is 33.1 Å². The van der Waals surface area contributed by atoms with Gasteiger partial charge in [-0.3, -0.25) is 0 Å². The third kappa shape index (κ3) is 5.30. The molecule has 5 nitrogen and oxygen atoms in total. The zero-order valence-electron chi connectivity index (χ0n) is 18.4. The van der Waals surface area contributed by atoms with Gasteiger partial charge in [0.15, 0.2) is 5.82 Å². The summed E-state index contributed by atoms with van der Waals surface area (Å²) in [4.78, 5) is 18.6. The van der Waals surface area contributed by atoms with Crippen LogP contribution in [0.1, 0.15) is 44.1 Å². The molecule has 168 valence electrons. The largest absolute Gasteiger partial charge is 0.369 e. The molecular formula is C24H26F3N5. The molecule has 0 aliphatic rings. The van der Waals surface area contributed by atoms with Gasteiger partial charge in [-0.05, 0) is 32.4 Å². The van der Waals surface area contributed by atoms with E-state index in [2.05, 4.69) is 31.4 Å². The molecule has 0 saturated carbocycles. The standard InChI is InChI=1S/C24H26F3N5/c1-5-32(16(2)10-11-21-30-14-18(15-31-21)24(4,26)27)17(3)19-8-6-9-20(25)22(19)23-28-12-7-13-29-23/h6-9,12-16H,3,5,10-11H2,1-2,4H3. The number of hydrogen-bond donors (Lipinski definition) is 0. The molecule has 0 saturated heterocycles. The number of halogens is 3. The van der Waals surface area contributed by atoms with E-state index in [1.807, 2.05) is 13.8 Å². The molecule has 0 N–H and O–H groups in total. The predicted molar refractivity (Wildman–Crippen MR) is 118 cm³/mol. The lowest BCUT2D eigenvalue weighted by Crippen LogP contribution is -2.32. The molecule has 0 aliphatic carbocycles. The summed E-state index contributed by atoms with van der Waals surface area (Å²) in [5, 5.41) is 0. The molecule has 8 heteroatoms. The van der Waals surface area contributed by atoms with Crippen molar-refractivity contribution in [2.75, 3.05) is 6.54 Å². The first kappa shape index (κ1) is 23.4. The predicted octanol–water partition coefficient (Wildman–Crippen LogP) is 5.50. The van der Waals surface area contributed by atoms with Gasteiger partial charge in [-0.1, -0.05) is 18.7 Å². The van der Waals surface area contributed by atoms with Gasteiger partial charge in [0.1, 0.15) is 11.6 Å². The van der Waals surface area contributed by atoms with Gasteiger partial charge in [-0.2, -0.15) is 0 Å². The lowest BCUT2D eigenvalue weighted by Gasteiger charge is -2.32. The van der Waals surface area contributed by atoms with E-state index in [-0.39, 0.29) is 11.6 Å². The quantitative estimate of drug-likeness (QED) is 0.439. The lowest BCUT2D eigenvalue weighted by molar-refractivity contribution is 0.0167. The normalized spacial score (nSPS) is 12.4. The molecular weight excluding hydrogens is 415 g/mol. The van der Waals surface area contributed by atoms with Crippen molar-refractivity contribution in [3.05, 3.63) is 78.4 Å². The Balaban J connectivity index is 1.77. The fourth-order valence-electron chi connectivity index (χ4n) is 3.55. The van der Waals surface area contributed by atoms with Crippen molar-refractivity contribution in [2.45, 2.75) is 45.6 Å². The second-order valence-corrected chi connectivity index (χ2v) is 7.63. The summed E-state index contributed by atoms with van der Waals surface area (Å²) < 4.78 is 41.4. The summed E-state index contributed by atoms with van der Waals surface area (Å²) in [6.45, 7) is 9.72. The topological polar surface area (TPSA) is 54.8 Å². The molecule has 0 radical (unpaired) electrons. The van der Waals surface area contributed by atoms with Gasteiger partial charge in [-0.15, -0.1) is 0 Å². The first-order valence-corrected chi connectivity index (χ1v) is 10.4. The van der Waals surface area contributed by atoms with Gasteiger partial charge in [0.2, 0.25) is 0 Å². The Morgan fingerprint density at radius 2 is 1.75 bits per heavy atom. The first-order chi connectivity index (χ1) is 15.2. The zero-order chi connectivity index (χ0) is 23.3. The third-order valence-electron chi connectivity index (χ3n) is 5.33. The second kappa shape index (κ2) is 9.89. The SMILES string of the molecule is C=C(c1cccc(F)c1-c1ncccn1)N(CC)C(C)CCc1ncc(C(C)(F)F)cn1. The summed E-state index contributed by atoms with van der Waals surface area (Å²) in [7, 11) is 0. The minimum atomic E-state index is -2.96. The van der Waals surface area contributed by atoms with Crippen LogP contribution in [0.2, 0.25) is 0 Å². The summed E-state index contributed by atoms with van der Waals surface area (Å²) >= 11 is 0. The minimum absolute atomic E-state index is 0.0243. The minimum Gasteiger partial charge on any atom is -0.369 e. The van der Waals surface area contributed by atoms with E-state index in [4.69, 9.17) is 0 Å². The molecule has 2 heterocycles. The van der Waals surface area contributed by atoms with E-state index in [0.29, 0.717) is 47.9 Å². The number of hydrogen-bond acceptors (Lipinski definition) is 5. The number of aryl methyl sites for hydroxylation is 1. The number of benzene rings is 1. The maximum Gasteiger partial charge on any atom is 0.273 e. The fraction of sp³-hybridized carbons (Fsp3) is 0.333. The van der Waals surface area contributed by atoms with Crippen molar-refractivity contribution in [2.24, 2.45) is 0 Å². The highest BCUT2D eigenvalue weighted by atomic mass is 19.3. The molecule has 3 rings (SSSR count).